The molecule has 2 aliphatic carbocycles. The highest BCUT2D eigenvalue weighted by molar-refractivity contribution is 5.89. The van der Waals surface area contributed by atoms with Crippen molar-refractivity contribution in [2.75, 3.05) is 0 Å². The molecular weight excluding hydrogens is 484 g/mol. The summed E-state index contributed by atoms with van der Waals surface area (Å²) in [5, 5.41) is 0. The lowest BCUT2D eigenvalue weighted by Gasteiger charge is -2.58. The fraction of sp³-hybridized carbons (Fsp3) is 0.516. The molecule has 4 rings (SSSR count). The Labute approximate surface area is 224 Å². The summed E-state index contributed by atoms with van der Waals surface area (Å²) in [6.45, 7) is 13.1. The molecule has 0 radical (unpaired) electrons. The van der Waals surface area contributed by atoms with E-state index in [1.54, 1.807) is 24.3 Å². The monoisotopic (exact) mass is 522 g/mol. The van der Waals surface area contributed by atoms with E-state index in [1.165, 1.54) is 13.8 Å². The fourth-order valence-corrected chi connectivity index (χ4v) is 6.59. The summed E-state index contributed by atoms with van der Waals surface area (Å²) in [5.74, 6) is -1.17. The summed E-state index contributed by atoms with van der Waals surface area (Å²) in [7, 11) is 0. The van der Waals surface area contributed by atoms with Crippen LogP contribution in [-0.4, -0.2) is 36.6 Å². The molecule has 1 saturated heterocycles. The summed E-state index contributed by atoms with van der Waals surface area (Å²) in [5.41, 5.74) is 1.28. The van der Waals surface area contributed by atoms with E-state index in [-0.39, 0.29) is 11.3 Å². The first-order chi connectivity index (χ1) is 18.0. The smallest absolute Gasteiger partial charge is 0.338 e. The largest absolute Gasteiger partial charge is 0.455 e. The number of hydrogen-bond donors (Lipinski definition) is 0. The molecule has 7 nitrogen and oxygen atoms in total. The minimum Gasteiger partial charge on any atom is -0.455 e. The maximum absolute atomic E-state index is 13.1. The van der Waals surface area contributed by atoms with Crippen molar-refractivity contribution >= 4 is 17.9 Å². The van der Waals surface area contributed by atoms with Crippen molar-refractivity contribution in [3.63, 3.8) is 0 Å². The standard InChI is InChI=1S/C31H38O7/c1-7-19(2)13-15-30(6)20(3)14-16-31-25(28(35-21(4)32)38-29(31)36-22(5)33)17-24(18-26(30)31)37-27(34)23-11-9-8-10-12-23/h7-13,17,20,24,26,28-29H,1,14-16,18H2,2-6H3. The van der Waals surface area contributed by atoms with Gasteiger partial charge in [0.25, 0.3) is 0 Å². The molecule has 0 aromatic heterocycles. The van der Waals surface area contributed by atoms with Crippen LogP contribution in [0.1, 0.15) is 70.7 Å². The number of allylic oxidation sites excluding steroid dienone is 3. The van der Waals surface area contributed by atoms with Gasteiger partial charge in [0, 0.05) is 19.4 Å². The molecular formula is C31H38O7. The van der Waals surface area contributed by atoms with E-state index < -0.39 is 42.0 Å². The summed E-state index contributed by atoms with van der Waals surface area (Å²) in [4.78, 5) is 37.3. The van der Waals surface area contributed by atoms with Gasteiger partial charge in [-0.3, -0.25) is 14.3 Å². The van der Waals surface area contributed by atoms with Crippen molar-refractivity contribution < 1.29 is 33.3 Å². The average Bonchev–Trinajstić information content (AvgIpc) is 3.16. The molecule has 7 unspecified atom stereocenters. The number of hydrogen-bond acceptors (Lipinski definition) is 7. The maximum Gasteiger partial charge on any atom is 0.338 e. The maximum atomic E-state index is 13.1. The zero-order valence-electron chi connectivity index (χ0n) is 22.9. The zero-order valence-corrected chi connectivity index (χ0v) is 22.9. The lowest BCUT2D eigenvalue weighted by atomic mass is 9.46. The second-order valence-electron chi connectivity index (χ2n) is 11.1. The predicted molar refractivity (Wildman–Crippen MR) is 142 cm³/mol. The topological polar surface area (TPSA) is 88.1 Å². The first-order valence-electron chi connectivity index (χ1n) is 13.3. The molecule has 7 atom stereocenters. The van der Waals surface area contributed by atoms with E-state index in [9.17, 15) is 14.4 Å². The molecule has 2 fully saturated rings. The van der Waals surface area contributed by atoms with Crippen LogP contribution in [-0.2, 0) is 28.5 Å². The molecule has 0 N–H and O–H groups in total. The van der Waals surface area contributed by atoms with E-state index in [0.29, 0.717) is 29.9 Å². The third kappa shape index (κ3) is 5.08. The molecule has 1 heterocycles. The normalized spacial score (nSPS) is 34.3. The van der Waals surface area contributed by atoms with Gasteiger partial charge in [-0.05, 0) is 68.1 Å². The van der Waals surface area contributed by atoms with Gasteiger partial charge in [0.15, 0.2) is 0 Å². The van der Waals surface area contributed by atoms with Gasteiger partial charge in [0.05, 0.1) is 11.0 Å². The highest BCUT2D eigenvalue weighted by Crippen LogP contribution is 2.67. The number of ether oxygens (including phenoxy) is 4. The van der Waals surface area contributed by atoms with Crippen molar-refractivity contribution in [3.05, 3.63) is 71.8 Å². The summed E-state index contributed by atoms with van der Waals surface area (Å²) in [6.07, 6.45) is 6.22. The minimum absolute atomic E-state index is 0.0916. The number of benzene rings is 1. The Morgan fingerprint density at radius 1 is 1.08 bits per heavy atom. The van der Waals surface area contributed by atoms with E-state index >= 15 is 0 Å². The number of carbonyl (C=O) groups is 3. The van der Waals surface area contributed by atoms with Crippen molar-refractivity contribution in [1.29, 1.82) is 0 Å². The molecule has 1 aliphatic heterocycles. The fourth-order valence-electron chi connectivity index (χ4n) is 6.59. The van der Waals surface area contributed by atoms with Crippen molar-refractivity contribution in [1.82, 2.24) is 0 Å². The van der Waals surface area contributed by atoms with Crippen molar-refractivity contribution in [2.45, 2.75) is 79.0 Å². The van der Waals surface area contributed by atoms with Gasteiger partial charge < -0.3 is 14.2 Å². The molecule has 7 heteroatoms. The van der Waals surface area contributed by atoms with Crippen LogP contribution >= 0.6 is 0 Å². The Bertz CT molecular complexity index is 1150. The van der Waals surface area contributed by atoms with E-state index in [0.717, 1.165) is 18.4 Å². The summed E-state index contributed by atoms with van der Waals surface area (Å²) < 4.78 is 23.6. The van der Waals surface area contributed by atoms with Gasteiger partial charge in [0.1, 0.15) is 6.10 Å². The van der Waals surface area contributed by atoms with E-state index in [4.69, 9.17) is 18.9 Å². The highest BCUT2D eigenvalue weighted by Gasteiger charge is 2.67. The van der Waals surface area contributed by atoms with Crippen LogP contribution in [0.3, 0.4) is 0 Å². The van der Waals surface area contributed by atoms with Crippen LogP contribution in [0.25, 0.3) is 0 Å². The van der Waals surface area contributed by atoms with Crippen LogP contribution < -0.4 is 0 Å². The Hall–Kier alpha value is -3.19. The SMILES string of the molecule is C=CC(C)=CCC1(C)C(C)CCC23C(=CC(OC(=O)c4ccccc4)CC12)C(OC(C)=O)OC3OC(C)=O. The average molecular weight is 523 g/mol. The molecule has 0 bridgehead atoms. The number of esters is 3. The Kier molecular flexibility index (Phi) is 7.98. The Morgan fingerprint density at radius 2 is 1.76 bits per heavy atom. The van der Waals surface area contributed by atoms with Gasteiger partial charge in [-0.2, -0.15) is 0 Å². The second-order valence-corrected chi connectivity index (χ2v) is 11.1. The summed E-state index contributed by atoms with van der Waals surface area (Å²) in [6, 6.07) is 8.86. The van der Waals surface area contributed by atoms with Crippen LogP contribution in [0, 0.1) is 22.7 Å². The lowest BCUT2D eigenvalue weighted by Crippen LogP contribution is -2.57. The molecule has 1 saturated carbocycles. The van der Waals surface area contributed by atoms with Gasteiger partial charge in [-0.25, -0.2) is 4.79 Å². The number of rotatable bonds is 7. The molecule has 204 valence electrons. The second kappa shape index (κ2) is 10.9. The van der Waals surface area contributed by atoms with Crippen LogP contribution in [0.15, 0.2) is 66.3 Å². The highest BCUT2D eigenvalue weighted by atomic mass is 16.8. The third-order valence-electron chi connectivity index (χ3n) is 8.83. The molecule has 0 amide bonds. The third-order valence-corrected chi connectivity index (χ3v) is 8.83. The molecule has 1 spiro atoms. The quantitative estimate of drug-likeness (QED) is 0.190. The predicted octanol–water partition coefficient (Wildman–Crippen LogP) is 5.91. The van der Waals surface area contributed by atoms with Crippen LogP contribution in [0.4, 0.5) is 0 Å². The van der Waals surface area contributed by atoms with Crippen LogP contribution in [0.5, 0.6) is 0 Å². The van der Waals surface area contributed by atoms with Gasteiger partial charge >= 0.3 is 17.9 Å². The Morgan fingerprint density at radius 3 is 2.39 bits per heavy atom. The summed E-state index contributed by atoms with van der Waals surface area (Å²) >= 11 is 0. The van der Waals surface area contributed by atoms with Gasteiger partial charge in [-0.1, -0.05) is 56.4 Å². The van der Waals surface area contributed by atoms with Gasteiger partial charge in [-0.15, -0.1) is 0 Å². The molecule has 1 aromatic carbocycles. The van der Waals surface area contributed by atoms with Crippen molar-refractivity contribution in [3.8, 4) is 0 Å². The number of carbonyl (C=O) groups excluding carboxylic acids is 3. The zero-order chi connectivity index (χ0) is 27.7. The first-order valence-corrected chi connectivity index (χ1v) is 13.3. The Balaban J connectivity index is 1.82. The van der Waals surface area contributed by atoms with Gasteiger partial charge in [0.2, 0.25) is 12.6 Å². The van der Waals surface area contributed by atoms with E-state index in [1.807, 2.05) is 25.1 Å². The lowest BCUT2D eigenvalue weighted by molar-refractivity contribution is -0.235. The van der Waals surface area contributed by atoms with Crippen LogP contribution in [0.2, 0.25) is 0 Å². The first kappa shape index (κ1) is 27.8. The molecule has 1 aromatic rings. The van der Waals surface area contributed by atoms with E-state index in [2.05, 4.69) is 26.5 Å². The minimum atomic E-state index is -1.03. The molecule has 38 heavy (non-hydrogen) atoms. The molecule has 3 aliphatic rings. The van der Waals surface area contributed by atoms with Crippen molar-refractivity contribution in [2.24, 2.45) is 22.7 Å².